The number of rotatable bonds is 5. The zero-order valence-electron chi connectivity index (χ0n) is 11.4. The van der Waals surface area contributed by atoms with Crippen LogP contribution in [-0.4, -0.2) is 17.4 Å². The van der Waals surface area contributed by atoms with Gasteiger partial charge >= 0.3 is 0 Å². The molecule has 3 N–H and O–H groups in total. The van der Waals surface area contributed by atoms with Crippen LogP contribution in [0.5, 0.6) is 0 Å². The number of carbonyl (C=O) groups excluding carboxylic acids is 1. The van der Waals surface area contributed by atoms with Gasteiger partial charge in [0.05, 0.1) is 10.3 Å². The van der Waals surface area contributed by atoms with E-state index >= 15 is 0 Å². The Balaban J connectivity index is 2.95. The predicted octanol–water partition coefficient (Wildman–Crippen LogP) is 2.22. The third-order valence-corrected chi connectivity index (χ3v) is 3.45. The first kappa shape index (κ1) is 15.1. The summed E-state index contributed by atoms with van der Waals surface area (Å²) < 4.78 is 0. The van der Waals surface area contributed by atoms with Crippen LogP contribution in [0.1, 0.15) is 25.8 Å². The molecule has 104 valence electrons. The van der Waals surface area contributed by atoms with E-state index < -0.39 is 10.3 Å². The smallest absolute Gasteiger partial charge is 0.269 e. The van der Waals surface area contributed by atoms with Crippen molar-refractivity contribution in [2.75, 3.05) is 11.9 Å². The average molecular weight is 265 g/mol. The van der Waals surface area contributed by atoms with Gasteiger partial charge in [0.2, 0.25) is 5.91 Å². The summed E-state index contributed by atoms with van der Waals surface area (Å²) in [5.41, 5.74) is 6.22. The average Bonchev–Trinajstić information content (AvgIpc) is 2.39. The first-order valence-electron chi connectivity index (χ1n) is 6.10. The minimum atomic E-state index is -0.631. The van der Waals surface area contributed by atoms with Crippen LogP contribution in [0.2, 0.25) is 0 Å². The van der Waals surface area contributed by atoms with Crippen LogP contribution in [0.15, 0.2) is 18.2 Å². The fourth-order valence-corrected chi connectivity index (χ4v) is 1.57. The number of anilines is 1. The summed E-state index contributed by atoms with van der Waals surface area (Å²) in [5.74, 6) is -0.172. The zero-order valence-corrected chi connectivity index (χ0v) is 11.4. The highest BCUT2D eigenvalue weighted by molar-refractivity contribution is 5.95. The first-order valence-corrected chi connectivity index (χ1v) is 6.10. The Hall–Kier alpha value is -1.95. The largest absolute Gasteiger partial charge is 0.329 e. The number of aryl methyl sites for hydroxylation is 1. The van der Waals surface area contributed by atoms with Crippen molar-refractivity contribution < 1.29 is 9.72 Å². The van der Waals surface area contributed by atoms with Crippen LogP contribution in [0.4, 0.5) is 11.4 Å². The van der Waals surface area contributed by atoms with E-state index in [1.165, 1.54) is 18.2 Å². The fraction of sp³-hybridized carbons (Fsp3) is 0.462. The summed E-state index contributed by atoms with van der Waals surface area (Å²) in [6.45, 7) is 5.66. The van der Waals surface area contributed by atoms with Gasteiger partial charge in [-0.25, -0.2) is 0 Å². The van der Waals surface area contributed by atoms with Crippen molar-refractivity contribution in [2.45, 2.75) is 27.2 Å². The second-order valence-electron chi connectivity index (χ2n) is 4.83. The van der Waals surface area contributed by atoms with Gasteiger partial charge in [-0.15, -0.1) is 0 Å². The van der Waals surface area contributed by atoms with Crippen molar-refractivity contribution in [3.05, 3.63) is 33.9 Å². The number of nitro benzene ring substituents is 1. The van der Waals surface area contributed by atoms with Gasteiger partial charge in [0, 0.05) is 24.4 Å². The van der Waals surface area contributed by atoms with E-state index in [2.05, 4.69) is 5.32 Å². The fourth-order valence-electron chi connectivity index (χ4n) is 1.57. The number of nitrogens with zero attached hydrogens (tertiary/aromatic N) is 1. The number of non-ortho nitro benzene ring substituents is 1. The molecular weight excluding hydrogens is 246 g/mol. The lowest BCUT2D eigenvalue weighted by atomic mass is 9.86. The number of carbonyl (C=O) groups is 1. The number of nitrogens with two attached hydrogens (primary N) is 1. The van der Waals surface area contributed by atoms with Gasteiger partial charge < -0.3 is 11.1 Å². The van der Waals surface area contributed by atoms with E-state index in [0.29, 0.717) is 17.7 Å². The van der Waals surface area contributed by atoms with E-state index in [9.17, 15) is 14.9 Å². The second kappa shape index (κ2) is 5.79. The number of nitrogens with one attached hydrogen (secondary N) is 1. The molecule has 0 aliphatic heterocycles. The van der Waals surface area contributed by atoms with E-state index in [4.69, 9.17) is 5.73 Å². The lowest BCUT2D eigenvalue weighted by Gasteiger charge is -2.25. The standard InChI is InChI=1S/C13H19N3O3/c1-4-13(3,8-14)12(17)15-11-6-5-10(16(18)19)7-9(11)2/h5-7H,4,8,14H2,1-3H3,(H,15,17). The van der Waals surface area contributed by atoms with Crippen LogP contribution >= 0.6 is 0 Å². The molecule has 1 rings (SSSR count). The minimum Gasteiger partial charge on any atom is -0.329 e. The van der Waals surface area contributed by atoms with Crippen molar-refractivity contribution in [1.29, 1.82) is 0 Å². The Kier molecular flexibility index (Phi) is 4.61. The molecule has 6 heteroatoms. The Morgan fingerprint density at radius 3 is 2.58 bits per heavy atom. The maximum atomic E-state index is 12.1. The van der Waals surface area contributed by atoms with E-state index in [1.807, 2.05) is 6.92 Å². The lowest BCUT2D eigenvalue weighted by molar-refractivity contribution is -0.384. The summed E-state index contributed by atoms with van der Waals surface area (Å²) >= 11 is 0. The molecule has 0 fully saturated rings. The summed E-state index contributed by atoms with van der Waals surface area (Å²) in [7, 11) is 0. The molecule has 0 aliphatic rings. The van der Waals surface area contributed by atoms with Gasteiger partial charge in [-0.2, -0.15) is 0 Å². The summed E-state index contributed by atoms with van der Waals surface area (Å²) in [5, 5.41) is 13.4. The molecule has 19 heavy (non-hydrogen) atoms. The lowest BCUT2D eigenvalue weighted by Crippen LogP contribution is -2.39. The van der Waals surface area contributed by atoms with Crippen LogP contribution in [-0.2, 0) is 4.79 Å². The summed E-state index contributed by atoms with van der Waals surface area (Å²) in [6, 6.07) is 4.34. The summed E-state index contributed by atoms with van der Waals surface area (Å²) in [6.07, 6.45) is 0.626. The molecule has 1 aromatic carbocycles. The van der Waals surface area contributed by atoms with Crippen LogP contribution in [0.3, 0.4) is 0 Å². The molecular formula is C13H19N3O3. The number of amides is 1. The molecule has 0 spiro atoms. The van der Waals surface area contributed by atoms with Crippen molar-refractivity contribution in [3.8, 4) is 0 Å². The molecule has 1 amide bonds. The molecule has 0 saturated heterocycles. The highest BCUT2D eigenvalue weighted by atomic mass is 16.6. The minimum absolute atomic E-state index is 0.00702. The highest BCUT2D eigenvalue weighted by Crippen LogP contribution is 2.25. The number of hydrogen-bond acceptors (Lipinski definition) is 4. The molecule has 1 atom stereocenters. The highest BCUT2D eigenvalue weighted by Gasteiger charge is 2.30. The predicted molar refractivity (Wildman–Crippen MR) is 73.9 cm³/mol. The molecule has 0 bridgehead atoms. The van der Waals surface area contributed by atoms with Gasteiger partial charge in [0.15, 0.2) is 0 Å². The van der Waals surface area contributed by atoms with Crippen molar-refractivity contribution in [1.82, 2.24) is 0 Å². The Labute approximate surface area is 112 Å². The van der Waals surface area contributed by atoms with Crippen molar-refractivity contribution in [2.24, 2.45) is 11.1 Å². The number of nitro groups is 1. The molecule has 1 aromatic rings. The van der Waals surface area contributed by atoms with Crippen LogP contribution < -0.4 is 11.1 Å². The monoisotopic (exact) mass is 265 g/mol. The SMILES string of the molecule is CCC(C)(CN)C(=O)Nc1ccc([N+](=O)[O-])cc1C. The molecule has 0 aliphatic carbocycles. The van der Waals surface area contributed by atoms with Gasteiger partial charge in [-0.1, -0.05) is 6.92 Å². The molecule has 0 saturated carbocycles. The quantitative estimate of drug-likeness (QED) is 0.630. The van der Waals surface area contributed by atoms with Gasteiger partial charge in [0.1, 0.15) is 0 Å². The maximum absolute atomic E-state index is 12.1. The zero-order chi connectivity index (χ0) is 14.6. The summed E-state index contributed by atoms with van der Waals surface area (Å²) in [4.78, 5) is 22.3. The van der Waals surface area contributed by atoms with Gasteiger partial charge in [-0.05, 0) is 31.9 Å². The van der Waals surface area contributed by atoms with Gasteiger partial charge in [0.25, 0.3) is 5.69 Å². The number of hydrogen-bond donors (Lipinski definition) is 2. The van der Waals surface area contributed by atoms with E-state index in [1.54, 1.807) is 13.8 Å². The maximum Gasteiger partial charge on any atom is 0.269 e. The van der Waals surface area contributed by atoms with Crippen molar-refractivity contribution >= 4 is 17.3 Å². The first-order chi connectivity index (χ1) is 8.84. The van der Waals surface area contributed by atoms with E-state index in [-0.39, 0.29) is 18.1 Å². The topological polar surface area (TPSA) is 98.3 Å². The Bertz CT molecular complexity index is 496. The van der Waals surface area contributed by atoms with Crippen LogP contribution in [0.25, 0.3) is 0 Å². The molecule has 6 nitrogen and oxygen atoms in total. The molecule has 0 heterocycles. The van der Waals surface area contributed by atoms with E-state index in [0.717, 1.165) is 0 Å². The van der Waals surface area contributed by atoms with Crippen LogP contribution in [0, 0.1) is 22.5 Å². The third-order valence-electron chi connectivity index (χ3n) is 3.45. The van der Waals surface area contributed by atoms with Gasteiger partial charge in [-0.3, -0.25) is 14.9 Å². The third kappa shape index (κ3) is 3.29. The molecule has 0 radical (unpaired) electrons. The Morgan fingerprint density at radius 1 is 1.53 bits per heavy atom. The molecule has 0 aromatic heterocycles. The second-order valence-corrected chi connectivity index (χ2v) is 4.83. The number of benzene rings is 1. The normalized spacial score (nSPS) is 13.7. The molecule has 1 unspecified atom stereocenters. The Morgan fingerprint density at radius 2 is 2.16 bits per heavy atom. The van der Waals surface area contributed by atoms with Crippen molar-refractivity contribution in [3.63, 3.8) is 0 Å².